The molecule has 0 aliphatic rings. The molecule has 1 aromatic carbocycles. The molecule has 1 aromatic heterocycles. The highest BCUT2D eigenvalue weighted by Gasteiger charge is 2.13. The summed E-state index contributed by atoms with van der Waals surface area (Å²) < 4.78 is 27.8. The average molecular weight is 297 g/mol. The minimum atomic E-state index is -3.05. The van der Waals surface area contributed by atoms with Gasteiger partial charge in [-0.15, -0.1) is 11.3 Å². The van der Waals surface area contributed by atoms with Gasteiger partial charge in [0.2, 0.25) is 0 Å². The topological polar surface area (TPSA) is 56.3 Å². The fourth-order valence-corrected chi connectivity index (χ4v) is 3.74. The molecule has 0 amide bonds. The summed E-state index contributed by atoms with van der Waals surface area (Å²) in [5, 5.41) is 2.45. The number of aromatic nitrogens is 1. The van der Waals surface area contributed by atoms with Gasteiger partial charge in [0.25, 0.3) is 0 Å². The van der Waals surface area contributed by atoms with E-state index in [1.54, 1.807) is 7.11 Å². The lowest BCUT2D eigenvalue weighted by Crippen LogP contribution is -2.00. The number of thiazole rings is 1. The van der Waals surface area contributed by atoms with Crippen molar-refractivity contribution in [2.45, 2.75) is 12.7 Å². The molecule has 102 valence electrons. The van der Waals surface area contributed by atoms with Gasteiger partial charge < -0.3 is 4.74 Å². The van der Waals surface area contributed by atoms with E-state index in [2.05, 4.69) is 4.98 Å². The fraction of sp³-hybridized carbons (Fsp3) is 0.308. The molecule has 0 spiro atoms. The molecule has 0 bridgehead atoms. The molecule has 0 fully saturated rings. The number of hydrogen-bond donors (Lipinski definition) is 0. The van der Waals surface area contributed by atoms with E-state index >= 15 is 0 Å². The van der Waals surface area contributed by atoms with E-state index < -0.39 is 9.84 Å². The van der Waals surface area contributed by atoms with Gasteiger partial charge in [-0.05, 0) is 24.6 Å². The van der Waals surface area contributed by atoms with E-state index in [0.29, 0.717) is 5.01 Å². The van der Waals surface area contributed by atoms with Crippen LogP contribution in [0.1, 0.15) is 10.6 Å². The van der Waals surface area contributed by atoms with E-state index in [9.17, 15) is 8.42 Å². The van der Waals surface area contributed by atoms with Gasteiger partial charge in [0, 0.05) is 17.2 Å². The Kier molecular flexibility index (Phi) is 3.91. The van der Waals surface area contributed by atoms with Crippen molar-refractivity contribution in [3.05, 3.63) is 34.2 Å². The number of nitrogens with zero attached hydrogens (tertiary/aromatic N) is 1. The Morgan fingerprint density at radius 3 is 2.74 bits per heavy atom. The van der Waals surface area contributed by atoms with Crippen LogP contribution in [0.15, 0.2) is 23.6 Å². The highest BCUT2D eigenvalue weighted by Crippen LogP contribution is 2.31. The smallest absolute Gasteiger partial charge is 0.153 e. The normalized spacial score (nSPS) is 11.5. The van der Waals surface area contributed by atoms with Crippen molar-refractivity contribution >= 4 is 21.2 Å². The number of methoxy groups -OCH3 is 1. The molecule has 0 atom stereocenters. The maximum absolute atomic E-state index is 11.3. The largest absolute Gasteiger partial charge is 0.496 e. The summed E-state index contributed by atoms with van der Waals surface area (Å²) in [6.07, 6.45) is 1.21. The van der Waals surface area contributed by atoms with Crippen molar-refractivity contribution in [3.63, 3.8) is 0 Å². The first-order valence-corrected chi connectivity index (χ1v) is 8.60. The van der Waals surface area contributed by atoms with E-state index in [1.807, 2.05) is 30.5 Å². The molecule has 0 unspecified atom stereocenters. The van der Waals surface area contributed by atoms with Crippen LogP contribution in [0.2, 0.25) is 0 Å². The van der Waals surface area contributed by atoms with Crippen molar-refractivity contribution in [1.29, 1.82) is 0 Å². The lowest BCUT2D eigenvalue weighted by molar-refractivity contribution is 0.416. The minimum Gasteiger partial charge on any atom is -0.496 e. The van der Waals surface area contributed by atoms with Crippen LogP contribution in [0.25, 0.3) is 11.3 Å². The first-order chi connectivity index (χ1) is 8.89. The molecular formula is C13H15NO3S2. The molecule has 0 N–H and O–H groups in total. The van der Waals surface area contributed by atoms with Crippen LogP contribution < -0.4 is 4.74 Å². The zero-order valence-corrected chi connectivity index (χ0v) is 12.6. The van der Waals surface area contributed by atoms with E-state index in [-0.39, 0.29) is 5.75 Å². The maximum atomic E-state index is 11.3. The van der Waals surface area contributed by atoms with Crippen LogP contribution in [0.4, 0.5) is 0 Å². The summed E-state index contributed by atoms with van der Waals surface area (Å²) in [7, 11) is -1.44. The van der Waals surface area contributed by atoms with Crippen LogP contribution in [0, 0.1) is 6.92 Å². The molecule has 0 saturated heterocycles. The molecule has 0 aliphatic heterocycles. The molecular weight excluding hydrogens is 282 g/mol. The minimum absolute atomic E-state index is 0.0220. The van der Waals surface area contributed by atoms with Gasteiger partial charge in [0.15, 0.2) is 9.84 Å². The summed E-state index contributed by atoms with van der Waals surface area (Å²) in [5.41, 5.74) is 2.73. The van der Waals surface area contributed by atoms with Crippen molar-refractivity contribution in [3.8, 4) is 17.0 Å². The van der Waals surface area contributed by atoms with Gasteiger partial charge in [-0.25, -0.2) is 13.4 Å². The molecule has 19 heavy (non-hydrogen) atoms. The van der Waals surface area contributed by atoms with Gasteiger partial charge in [0.05, 0.1) is 12.8 Å². The summed E-state index contributed by atoms with van der Waals surface area (Å²) >= 11 is 1.35. The van der Waals surface area contributed by atoms with Gasteiger partial charge >= 0.3 is 0 Å². The quantitative estimate of drug-likeness (QED) is 0.870. The van der Waals surface area contributed by atoms with Crippen LogP contribution in [-0.4, -0.2) is 26.8 Å². The van der Waals surface area contributed by atoms with Gasteiger partial charge in [-0.1, -0.05) is 6.07 Å². The summed E-state index contributed by atoms with van der Waals surface area (Å²) in [6.45, 7) is 1.99. The first-order valence-electron chi connectivity index (χ1n) is 5.66. The van der Waals surface area contributed by atoms with Gasteiger partial charge in [-0.3, -0.25) is 0 Å². The number of benzene rings is 1. The predicted molar refractivity (Wildman–Crippen MR) is 77.4 cm³/mol. The SMILES string of the molecule is COc1cc(C)ccc1-c1csc(CS(C)(=O)=O)n1. The monoisotopic (exact) mass is 297 g/mol. The Hall–Kier alpha value is -1.40. The molecule has 0 radical (unpaired) electrons. The zero-order valence-electron chi connectivity index (χ0n) is 11.0. The zero-order chi connectivity index (χ0) is 14.0. The van der Waals surface area contributed by atoms with Crippen LogP contribution in [0.5, 0.6) is 5.75 Å². The van der Waals surface area contributed by atoms with E-state index in [0.717, 1.165) is 22.6 Å². The Morgan fingerprint density at radius 1 is 1.37 bits per heavy atom. The third-order valence-corrected chi connectivity index (χ3v) is 4.40. The molecule has 4 nitrogen and oxygen atoms in total. The van der Waals surface area contributed by atoms with Crippen LogP contribution >= 0.6 is 11.3 Å². The molecule has 2 rings (SSSR count). The second kappa shape index (κ2) is 5.30. The average Bonchev–Trinajstić information content (AvgIpc) is 2.74. The number of rotatable bonds is 4. The lowest BCUT2D eigenvalue weighted by atomic mass is 10.1. The maximum Gasteiger partial charge on any atom is 0.153 e. The van der Waals surface area contributed by atoms with E-state index in [4.69, 9.17) is 4.74 Å². The molecule has 2 aromatic rings. The van der Waals surface area contributed by atoms with Gasteiger partial charge in [0.1, 0.15) is 16.5 Å². The van der Waals surface area contributed by atoms with Crippen molar-refractivity contribution in [2.75, 3.05) is 13.4 Å². The first kappa shape index (κ1) is 14.0. The summed E-state index contributed by atoms with van der Waals surface area (Å²) in [6, 6.07) is 5.85. The van der Waals surface area contributed by atoms with Crippen molar-refractivity contribution in [2.24, 2.45) is 0 Å². The summed E-state index contributed by atoms with van der Waals surface area (Å²) in [5.74, 6) is 0.725. The molecule has 1 heterocycles. The number of ether oxygens (including phenoxy) is 1. The van der Waals surface area contributed by atoms with Gasteiger partial charge in [-0.2, -0.15) is 0 Å². The third kappa shape index (κ3) is 3.54. The second-order valence-corrected chi connectivity index (χ2v) is 7.48. The third-order valence-electron chi connectivity index (χ3n) is 2.57. The van der Waals surface area contributed by atoms with Crippen molar-refractivity contribution < 1.29 is 13.2 Å². The molecule has 0 aliphatic carbocycles. The van der Waals surface area contributed by atoms with Crippen LogP contribution in [0.3, 0.4) is 0 Å². The fourth-order valence-electron chi connectivity index (χ4n) is 1.74. The highest BCUT2D eigenvalue weighted by atomic mass is 32.2. The number of aryl methyl sites for hydroxylation is 1. The highest BCUT2D eigenvalue weighted by molar-refractivity contribution is 7.90. The molecule has 6 heteroatoms. The Bertz CT molecular complexity index is 690. The summed E-state index contributed by atoms with van der Waals surface area (Å²) in [4.78, 5) is 4.36. The lowest BCUT2D eigenvalue weighted by Gasteiger charge is -2.06. The number of hydrogen-bond acceptors (Lipinski definition) is 5. The predicted octanol–water partition coefficient (Wildman–Crippen LogP) is 2.67. The standard InChI is InChI=1S/C13H15NO3S2/c1-9-4-5-10(12(6-9)17-2)11-7-18-13(14-11)8-19(3,15)16/h4-7H,8H2,1-3H3. The van der Waals surface area contributed by atoms with Crippen LogP contribution in [-0.2, 0) is 15.6 Å². The van der Waals surface area contributed by atoms with Crippen molar-refractivity contribution in [1.82, 2.24) is 4.98 Å². The number of sulfone groups is 1. The molecule has 0 saturated carbocycles. The van der Waals surface area contributed by atoms with E-state index in [1.165, 1.54) is 17.6 Å². The Morgan fingerprint density at radius 2 is 2.11 bits per heavy atom. The second-order valence-electron chi connectivity index (χ2n) is 4.40. The Labute approximate surface area is 117 Å². The Balaban J connectivity index is 2.38.